The Hall–Kier alpha value is -0.670. The first-order valence-electron chi connectivity index (χ1n) is 6.04. The summed E-state index contributed by atoms with van der Waals surface area (Å²) in [5.41, 5.74) is 1.46. The minimum Gasteiger partial charge on any atom is -0.492 e. The van der Waals surface area contributed by atoms with Crippen molar-refractivity contribution in [3.8, 4) is 5.75 Å². The molecule has 2 aliphatic rings. The molecule has 1 saturated heterocycles. The molecule has 86 valence electrons. The average molecular weight is 235 g/mol. The monoisotopic (exact) mass is 235 g/mol. The summed E-state index contributed by atoms with van der Waals surface area (Å²) in [6, 6.07) is 7.07. The molecule has 2 nitrogen and oxygen atoms in total. The zero-order chi connectivity index (χ0) is 10.8. The van der Waals surface area contributed by atoms with Crippen LogP contribution in [0, 0.1) is 0 Å². The fraction of sp³-hybridized carbons (Fsp3) is 0.538. The highest BCUT2D eigenvalue weighted by Crippen LogP contribution is 2.33. The maximum atomic E-state index is 5.84. The third kappa shape index (κ3) is 2.20. The second-order valence-electron chi connectivity index (χ2n) is 4.47. The molecule has 3 heteroatoms. The first-order chi connectivity index (χ1) is 7.92. The Bertz CT molecular complexity index is 374. The van der Waals surface area contributed by atoms with Crippen LogP contribution in [0.2, 0.25) is 0 Å². The lowest BCUT2D eigenvalue weighted by atomic mass is 10.2. The Balaban J connectivity index is 1.61. The standard InChI is InChI=1S/C13H17NOS/c1-2-11(14-6-1)9-15-12-3-4-13-10(8-12)5-7-16-13/h3-4,8,11,14H,1-2,5-7,9H2. The summed E-state index contributed by atoms with van der Waals surface area (Å²) in [5, 5.41) is 3.45. The summed E-state index contributed by atoms with van der Waals surface area (Å²) in [6.45, 7) is 1.96. The van der Waals surface area contributed by atoms with Gasteiger partial charge in [0.15, 0.2) is 0 Å². The van der Waals surface area contributed by atoms with Crippen molar-refractivity contribution < 1.29 is 4.74 Å². The lowest BCUT2D eigenvalue weighted by molar-refractivity contribution is 0.277. The molecule has 0 aliphatic carbocycles. The highest BCUT2D eigenvalue weighted by molar-refractivity contribution is 7.99. The molecule has 0 aromatic heterocycles. The summed E-state index contributed by atoms with van der Waals surface area (Å²) < 4.78 is 5.84. The van der Waals surface area contributed by atoms with Gasteiger partial charge in [-0.05, 0) is 49.6 Å². The molecule has 1 fully saturated rings. The zero-order valence-electron chi connectivity index (χ0n) is 9.37. The van der Waals surface area contributed by atoms with Gasteiger partial charge in [0, 0.05) is 16.7 Å². The number of rotatable bonds is 3. The van der Waals surface area contributed by atoms with Crippen molar-refractivity contribution in [3.63, 3.8) is 0 Å². The fourth-order valence-electron chi connectivity index (χ4n) is 2.35. The van der Waals surface area contributed by atoms with Crippen molar-refractivity contribution in [3.05, 3.63) is 23.8 Å². The molecule has 2 heterocycles. The van der Waals surface area contributed by atoms with E-state index in [-0.39, 0.29) is 0 Å². The van der Waals surface area contributed by atoms with Crippen molar-refractivity contribution in [2.45, 2.75) is 30.2 Å². The van der Waals surface area contributed by atoms with Crippen molar-refractivity contribution in [1.82, 2.24) is 5.32 Å². The molecule has 1 atom stereocenters. The maximum Gasteiger partial charge on any atom is 0.119 e. The molecule has 0 bridgehead atoms. The van der Waals surface area contributed by atoms with Crippen LogP contribution in [0.15, 0.2) is 23.1 Å². The second-order valence-corrected chi connectivity index (χ2v) is 5.61. The van der Waals surface area contributed by atoms with Gasteiger partial charge in [-0.1, -0.05) is 0 Å². The third-order valence-electron chi connectivity index (χ3n) is 3.27. The van der Waals surface area contributed by atoms with Gasteiger partial charge in [0.2, 0.25) is 0 Å². The number of benzene rings is 1. The van der Waals surface area contributed by atoms with Gasteiger partial charge in [-0.2, -0.15) is 0 Å². The lowest BCUT2D eigenvalue weighted by Gasteiger charge is -2.12. The van der Waals surface area contributed by atoms with Crippen molar-refractivity contribution in [1.29, 1.82) is 0 Å². The van der Waals surface area contributed by atoms with E-state index in [2.05, 4.69) is 23.5 Å². The van der Waals surface area contributed by atoms with Crippen molar-refractivity contribution >= 4 is 11.8 Å². The zero-order valence-corrected chi connectivity index (χ0v) is 10.2. The Kier molecular flexibility index (Phi) is 3.06. The largest absolute Gasteiger partial charge is 0.492 e. The van der Waals surface area contributed by atoms with Crippen LogP contribution in [0.3, 0.4) is 0 Å². The summed E-state index contributed by atoms with van der Waals surface area (Å²) in [7, 11) is 0. The van der Waals surface area contributed by atoms with Gasteiger partial charge in [0.05, 0.1) is 0 Å². The van der Waals surface area contributed by atoms with E-state index in [1.165, 1.54) is 35.5 Å². The number of hydrogen-bond acceptors (Lipinski definition) is 3. The molecule has 2 aliphatic heterocycles. The molecule has 3 rings (SSSR count). The highest BCUT2D eigenvalue weighted by atomic mass is 32.2. The number of ether oxygens (including phenoxy) is 1. The fourth-order valence-corrected chi connectivity index (χ4v) is 3.40. The first kappa shape index (κ1) is 10.5. The van der Waals surface area contributed by atoms with Crippen molar-refractivity contribution in [2.24, 2.45) is 0 Å². The molecule has 1 N–H and O–H groups in total. The predicted octanol–water partition coefficient (Wildman–Crippen LogP) is 2.47. The smallest absolute Gasteiger partial charge is 0.119 e. The van der Waals surface area contributed by atoms with Crippen LogP contribution < -0.4 is 10.1 Å². The highest BCUT2D eigenvalue weighted by Gasteiger charge is 2.15. The van der Waals surface area contributed by atoms with Gasteiger partial charge in [0.1, 0.15) is 12.4 Å². The van der Waals surface area contributed by atoms with Gasteiger partial charge >= 0.3 is 0 Å². The Labute approximate surface area is 101 Å². The molecular formula is C13H17NOS. The van der Waals surface area contributed by atoms with Crippen LogP contribution >= 0.6 is 11.8 Å². The van der Waals surface area contributed by atoms with E-state index in [0.717, 1.165) is 18.9 Å². The van der Waals surface area contributed by atoms with E-state index in [0.29, 0.717) is 6.04 Å². The van der Waals surface area contributed by atoms with Gasteiger partial charge in [-0.15, -0.1) is 11.8 Å². The summed E-state index contributed by atoms with van der Waals surface area (Å²) >= 11 is 1.95. The van der Waals surface area contributed by atoms with Crippen molar-refractivity contribution in [2.75, 3.05) is 18.9 Å². The quantitative estimate of drug-likeness (QED) is 0.869. The van der Waals surface area contributed by atoms with Crippen LogP contribution in [0.5, 0.6) is 5.75 Å². The van der Waals surface area contributed by atoms with Crippen LogP contribution in [-0.2, 0) is 6.42 Å². The first-order valence-corrected chi connectivity index (χ1v) is 7.02. The summed E-state index contributed by atoms with van der Waals surface area (Å²) in [4.78, 5) is 1.44. The average Bonchev–Trinajstić information content (AvgIpc) is 2.97. The minimum atomic E-state index is 0.558. The Morgan fingerprint density at radius 1 is 1.44 bits per heavy atom. The third-order valence-corrected chi connectivity index (χ3v) is 4.39. The van der Waals surface area contributed by atoms with Crippen LogP contribution in [0.25, 0.3) is 0 Å². The van der Waals surface area contributed by atoms with E-state index in [9.17, 15) is 0 Å². The van der Waals surface area contributed by atoms with Gasteiger partial charge in [-0.3, -0.25) is 0 Å². The lowest BCUT2D eigenvalue weighted by Crippen LogP contribution is -2.28. The Morgan fingerprint density at radius 3 is 3.31 bits per heavy atom. The summed E-state index contributed by atoms with van der Waals surface area (Å²) in [6.07, 6.45) is 3.73. The van der Waals surface area contributed by atoms with E-state index in [1.54, 1.807) is 0 Å². The predicted molar refractivity (Wildman–Crippen MR) is 67.4 cm³/mol. The molecule has 0 amide bonds. The topological polar surface area (TPSA) is 21.3 Å². The minimum absolute atomic E-state index is 0.558. The number of thioether (sulfide) groups is 1. The van der Waals surface area contributed by atoms with Crippen LogP contribution in [0.1, 0.15) is 18.4 Å². The molecule has 16 heavy (non-hydrogen) atoms. The van der Waals surface area contributed by atoms with E-state index >= 15 is 0 Å². The summed E-state index contributed by atoms with van der Waals surface area (Å²) in [5.74, 6) is 2.26. The second kappa shape index (κ2) is 4.68. The van der Waals surface area contributed by atoms with E-state index in [4.69, 9.17) is 4.74 Å². The normalized spacial score (nSPS) is 23.4. The molecule has 0 radical (unpaired) electrons. The van der Waals surface area contributed by atoms with E-state index in [1.807, 2.05) is 11.8 Å². The van der Waals surface area contributed by atoms with Gasteiger partial charge in [0.25, 0.3) is 0 Å². The number of hydrogen-bond donors (Lipinski definition) is 1. The molecule has 1 aromatic carbocycles. The Morgan fingerprint density at radius 2 is 2.44 bits per heavy atom. The van der Waals surface area contributed by atoms with Crippen LogP contribution in [0.4, 0.5) is 0 Å². The number of aryl methyl sites for hydroxylation is 1. The SMILES string of the molecule is c1cc2c(cc1OCC1CCCN1)CCS2. The van der Waals surface area contributed by atoms with Gasteiger partial charge in [-0.25, -0.2) is 0 Å². The maximum absolute atomic E-state index is 5.84. The van der Waals surface area contributed by atoms with Gasteiger partial charge < -0.3 is 10.1 Å². The number of nitrogens with one attached hydrogen (secondary N) is 1. The molecule has 0 saturated carbocycles. The molecule has 1 unspecified atom stereocenters. The molecular weight excluding hydrogens is 218 g/mol. The van der Waals surface area contributed by atoms with E-state index < -0.39 is 0 Å². The molecule has 1 aromatic rings. The number of fused-ring (bicyclic) bond motifs is 1. The van der Waals surface area contributed by atoms with Crippen LogP contribution in [-0.4, -0.2) is 24.9 Å². The molecule has 0 spiro atoms.